The molecule has 1 aromatic carbocycles. The summed E-state index contributed by atoms with van der Waals surface area (Å²) in [5.41, 5.74) is 1.21. The molecule has 0 aliphatic heterocycles. The minimum absolute atomic E-state index is 0.0378. The fraction of sp³-hybridized carbons (Fsp3) is 0.176. The Kier molecular flexibility index (Phi) is 9.83. The number of carboxylic acid groups (broad SMARTS) is 1. The van der Waals surface area contributed by atoms with Crippen LogP contribution in [0.15, 0.2) is 61.2 Å². The number of esters is 1. The van der Waals surface area contributed by atoms with Crippen LogP contribution >= 0.6 is 0 Å². The first-order valence-corrected chi connectivity index (χ1v) is 6.45. The third kappa shape index (κ3) is 9.90. The summed E-state index contributed by atoms with van der Waals surface area (Å²) in [5.74, 6) is -1.70. The number of hydrogen-bond acceptors (Lipinski definition) is 3. The lowest BCUT2D eigenvalue weighted by atomic mass is 10.2. The molecule has 0 saturated heterocycles. The summed E-state index contributed by atoms with van der Waals surface area (Å²) in [7, 11) is 0. The van der Waals surface area contributed by atoms with Crippen LogP contribution in [0.1, 0.15) is 18.9 Å². The monoisotopic (exact) mass is 288 g/mol. The van der Waals surface area contributed by atoms with E-state index in [1.54, 1.807) is 0 Å². The minimum Gasteiger partial charge on any atom is -0.478 e. The van der Waals surface area contributed by atoms with Crippen molar-refractivity contribution in [3.05, 3.63) is 66.8 Å². The molecule has 0 heterocycles. The molecule has 0 aromatic heterocycles. The van der Waals surface area contributed by atoms with Gasteiger partial charge in [-0.15, -0.1) is 0 Å². The van der Waals surface area contributed by atoms with Gasteiger partial charge in [-0.1, -0.05) is 56.5 Å². The highest BCUT2D eigenvalue weighted by Crippen LogP contribution is 1.98. The number of hydrogen-bond donors (Lipinski definition) is 1. The molecule has 21 heavy (non-hydrogen) atoms. The van der Waals surface area contributed by atoms with Crippen LogP contribution in [0.5, 0.6) is 0 Å². The zero-order chi connectivity index (χ0) is 16.1. The fourth-order valence-corrected chi connectivity index (χ4v) is 1.12. The summed E-state index contributed by atoms with van der Waals surface area (Å²) in [4.78, 5) is 21.0. The minimum atomic E-state index is -1.12. The van der Waals surface area contributed by atoms with Gasteiger partial charge in [0.2, 0.25) is 0 Å². The van der Waals surface area contributed by atoms with Crippen LogP contribution in [0.4, 0.5) is 0 Å². The van der Waals surface area contributed by atoms with Crippen molar-refractivity contribution in [2.75, 3.05) is 6.61 Å². The van der Waals surface area contributed by atoms with Crippen molar-refractivity contribution in [3.8, 4) is 0 Å². The Hall–Kier alpha value is -2.62. The van der Waals surface area contributed by atoms with Gasteiger partial charge in [0.05, 0.1) is 12.2 Å². The smallest absolute Gasteiger partial charge is 0.337 e. The number of carbonyl (C=O) groups excluding carboxylic acids is 1. The molecule has 0 amide bonds. The molecule has 0 aliphatic rings. The fourth-order valence-electron chi connectivity index (χ4n) is 1.12. The van der Waals surface area contributed by atoms with E-state index in [1.165, 1.54) is 5.56 Å². The lowest BCUT2D eigenvalue weighted by molar-refractivity contribution is -0.138. The van der Waals surface area contributed by atoms with Crippen LogP contribution in [0.25, 0.3) is 6.08 Å². The predicted molar refractivity (Wildman–Crippen MR) is 83.7 cm³/mol. The molecule has 0 radical (unpaired) electrons. The molecular formula is C17H20O4. The maximum absolute atomic E-state index is 10.9. The first-order chi connectivity index (χ1) is 10.0. The van der Waals surface area contributed by atoms with Gasteiger partial charge in [-0.3, -0.25) is 0 Å². The van der Waals surface area contributed by atoms with E-state index >= 15 is 0 Å². The van der Waals surface area contributed by atoms with E-state index in [9.17, 15) is 9.59 Å². The molecule has 112 valence electrons. The van der Waals surface area contributed by atoms with Gasteiger partial charge in [0, 0.05) is 6.08 Å². The molecule has 0 saturated carbocycles. The van der Waals surface area contributed by atoms with Crippen molar-refractivity contribution < 1.29 is 19.4 Å². The Balaban J connectivity index is 0.000000423. The quantitative estimate of drug-likeness (QED) is 0.494. The van der Waals surface area contributed by atoms with Crippen molar-refractivity contribution in [1.82, 2.24) is 0 Å². The second-order valence-corrected chi connectivity index (χ2v) is 3.95. The molecule has 4 heteroatoms. The summed E-state index contributed by atoms with van der Waals surface area (Å²) in [6, 6.07) is 10.0. The number of rotatable bonds is 6. The maximum Gasteiger partial charge on any atom is 0.337 e. The summed E-state index contributed by atoms with van der Waals surface area (Å²) in [6.07, 6.45) is 4.51. The highest BCUT2D eigenvalue weighted by Gasteiger charge is 2.04. The summed E-state index contributed by atoms with van der Waals surface area (Å²) in [6.45, 7) is 9.17. The van der Waals surface area contributed by atoms with Crippen LogP contribution < -0.4 is 0 Å². The van der Waals surface area contributed by atoms with Gasteiger partial charge in [0.1, 0.15) is 0 Å². The first-order valence-electron chi connectivity index (χ1n) is 6.45. The number of aliphatic carboxylic acids is 1. The number of ether oxygens (including phenoxy) is 1. The molecule has 4 nitrogen and oxygen atoms in total. The normalized spacial score (nSPS) is 9.38. The van der Waals surface area contributed by atoms with Crippen LogP contribution in [0.3, 0.4) is 0 Å². The molecule has 1 rings (SSSR count). The Morgan fingerprint density at radius 2 is 1.86 bits per heavy atom. The zero-order valence-electron chi connectivity index (χ0n) is 12.1. The van der Waals surface area contributed by atoms with Gasteiger partial charge < -0.3 is 9.84 Å². The zero-order valence-corrected chi connectivity index (χ0v) is 12.1. The van der Waals surface area contributed by atoms with Crippen molar-refractivity contribution in [3.63, 3.8) is 0 Å². The van der Waals surface area contributed by atoms with E-state index in [0.29, 0.717) is 6.61 Å². The number of carboxylic acids is 1. The summed E-state index contributed by atoms with van der Waals surface area (Å²) >= 11 is 0. The Bertz CT molecular complexity index is 501. The molecule has 0 aliphatic carbocycles. The van der Waals surface area contributed by atoms with Crippen LogP contribution in [0, 0.1) is 0 Å². The van der Waals surface area contributed by atoms with Crippen molar-refractivity contribution in [2.45, 2.75) is 13.3 Å². The van der Waals surface area contributed by atoms with Gasteiger partial charge in [0.15, 0.2) is 0 Å². The molecule has 0 unspecified atom stereocenters. The summed E-state index contributed by atoms with van der Waals surface area (Å²) < 4.78 is 4.70. The maximum atomic E-state index is 10.9. The average molecular weight is 288 g/mol. The van der Waals surface area contributed by atoms with Crippen molar-refractivity contribution >= 4 is 18.0 Å². The van der Waals surface area contributed by atoms with Crippen LogP contribution in [-0.4, -0.2) is 23.7 Å². The summed E-state index contributed by atoms with van der Waals surface area (Å²) in [5, 5.41) is 8.24. The van der Waals surface area contributed by atoms with E-state index in [-0.39, 0.29) is 5.57 Å². The van der Waals surface area contributed by atoms with Crippen LogP contribution in [-0.2, 0) is 14.3 Å². The molecule has 1 N–H and O–H groups in total. The van der Waals surface area contributed by atoms with E-state index in [1.807, 2.05) is 43.3 Å². The lowest BCUT2D eigenvalue weighted by Gasteiger charge is -2.00. The van der Waals surface area contributed by atoms with E-state index in [2.05, 4.69) is 13.2 Å². The Labute approximate surface area is 125 Å². The van der Waals surface area contributed by atoms with Crippen molar-refractivity contribution in [2.24, 2.45) is 0 Å². The van der Waals surface area contributed by atoms with Crippen molar-refractivity contribution in [1.29, 1.82) is 0 Å². The standard InChI is InChI=1S/C9H12O4.C8H8/c1-3-6-13-9(12)7(2)4-5-8(10)11;1-2-8-6-4-3-5-7-8/h4-5H,2-3,6H2,1H3,(H,10,11);2-7H,1H2. The molecule has 0 fully saturated rings. The molecule has 1 aromatic rings. The number of benzene rings is 1. The second-order valence-electron chi connectivity index (χ2n) is 3.95. The SMILES string of the molecule is C=C(C=CC(=O)O)C(=O)OCCC.C=Cc1ccccc1. The topological polar surface area (TPSA) is 63.6 Å². The molecule has 0 bridgehead atoms. The lowest BCUT2D eigenvalue weighted by Crippen LogP contribution is -2.06. The highest BCUT2D eigenvalue weighted by atomic mass is 16.5. The van der Waals surface area contributed by atoms with E-state index < -0.39 is 11.9 Å². The van der Waals surface area contributed by atoms with Gasteiger partial charge in [-0.05, 0) is 18.1 Å². The number of carbonyl (C=O) groups is 2. The van der Waals surface area contributed by atoms with E-state index in [0.717, 1.165) is 18.6 Å². The van der Waals surface area contributed by atoms with Gasteiger partial charge >= 0.3 is 11.9 Å². The predicted octanol–water partition coefficient (Wildman–Crippen LogP) is 3.47. The third-order valence-corrected chi connectivity index (χ3v) is 2.16. The van der Waals surface area contributed by atoms with Gasteiger partial charge in [-0.25, -0.2) is 9.59 Å². The largest absolute Gasteiger partial charge is 0.478 e. The van der Waals surface area contributed by atoms with Gasteiger partial charge in [0.25, 0.3) is 0 Å². The second kappa shape index (κ2) is 11.2. The van der Waals surface area contributed by atoms with Crippen LogP contribution in [0.2, 0.25) is 0 Å². The molecule has 0 atom stereocenters. The highest BCUT2D eigenvalue weighted by molar-refractivity contribution is 5.93. The van der Waals surface area contributed by atoms with E-state index in [4.69, 9.17) is 9.84 Å². The molecular weight excluding hydrogens is 268 g/mol. The Morgan fingerprint density at radius 1 is 1.24 bits per heavy atom. The molecule has 0 spiro atoms. The first kappa shape index (κ1) is 18.4. The van der Waals surface area contributed by atoms with Gasteiger partial charge in [-0.2, -0.15) is 0 Å². The average Bonchev–Trinajstić information content (AvgIpc) is 2.51. The Morgan fingerprint density at radius 3 is 2.29 bits per heavy atom. The third-order valence-electron chi connectivity index (χ3n) is 2.16.